The van der Waals surface area contributed by atoms with Crippen LogP contribution in [-0.2, 0) is 7.05 Å². The van der Waals surface area contributed by atoms with Crippen LogP contribution in [0.15, 0.2) is 24.3 Å². The maximum Gasteiger partial charge on any atom is 0.188 e. The average molecular weight is 354 g/mol. The number of ether oxygens (including phenoxy) is 1. The summed E-state index contributed by atoms with van der Waals surface area (Å²) in [4.78, 5) is 19.6. The van der Waals surface area contributed by atoms with Gasteiger partial charge in [0.05, 0.1) is 28.9 Å². The van der Waals surface area contributed by atoms with Crippen molar-refractivity contribution in [1.29, 1.82) is 0 Å². The van der Waals surface area contributed by atoms with E-state index in [1.54, 1.807) is 11.3 Å². The molecule has 0 radical (unpaired) electrons. The van der Waals surface area contributed by atoms with Crippen molar-refractivity contribution in [2.75, 3.05) is 18.0 Å². The van der Waals surface area contributed by atoms with Crippen LogP contribution in [-0.4, -0.2) is 39.2 Å². The fourth-order valence-electron chi connectivity index (χ4n) is 3.89. The second kappa shape index (κ2) is 5.05. The summed E-state index contributed by atoms with van der Waals surface area (Å²) in [5, 5.41) is 5.40. The number of rotatable bonds is 1. The van der Waals surface area contributed by atoms with E-state index in [1.165, 1.54) is 0 Å². The van der Waals surface area contributed by atoms with E-state index in [0.29, 0.717) is 24.3 Å². The molecule has 0 saturated carbocycles. The molecule has 5 rings (SSSR count). The molecule has 7 heteroatoms. The molecule has 1 atom stereocenters. The minimum Gasteiger partial charge on any atom is -0.484 e. The van der Waals surface area contributed by atoms with Crippen LogP contribution in [0.1, 0.15) is 28.9 Å². The number of para-hydroxylation sites is 1. The standard InChI is InChI=1S/C18H18N4O2S/c1-11-15-16(21(2)20-11)19-17(25-15)22-8-7-18(10-22)9-13(23)12-5-3-4-6-14(12)24-18/h3-6H,7-10H2,1-2H3. The summed E-state index contributed by atoms with van der Waals surface area (Å²) in [6, 6.07) is 7.54. The summed E-state index contributed by atoms with van der Waals surface area (Å²) in [6.07, 6.45) is 1.27. The first-order chi connectivity index (χ1) is 12.0. The predicted octanol–water partition coefficient (Wildman–Crippen LogP) is 2.95. The number of benzene rings is 1. The quantitative estimate of drug-likeness (QED) is 0.672. The molecule has 2 aliphatic heterocycles. The third-order valence-electron chi connectivity index (χ3n) is 5.12. The number of carbonyl (C=O) groups is 1. The fraction of sp³-hybridized carbons (Fsp3) is 0.389. The Morgan fingerprint density at radius 1 is 1.32 bits per heavy atom. The Labute approximate surface area is 149 Å². The maximum absolute atomic E-state index is 12.6. The molecule has 2 aromatic heterocycles. The molecule has 1 saturated heterocycles. The van der Waals surface area contributed by atoms with Gasteiger partial charge in [-0.2, -0.15) is 5.10 Å². The van der Waals surface area contributed by atoms with E-state index < -0.39 is 5.60 Å². The lowest BCUT2D eigenvalue weighted by molar-refractivity contribution is 0.0538. The smallest absolute Gasteiger partial charge is 0.188 e. The normalized spacial score (nSPS) is 22.6. The highest BCUT2D eigenvalue weighted by atomic mass is 32.1. The largest absolute Gasteiger partial charge is 0.484 e. The zero-order valence-electron chi connectivity index (χ0n) is 14.2. The molecule has 0 amide bonds. The van der Waals surface area contributed by atoms with Gasteiger partial charge < -0.3 is 9.64 Å². The number of Topliss-reactive ketones (excluding diaryl/α,β-unsaturated/α-hetero) is 1. The molecule has 128 valence electrons. The van der Waals surface area contributed by atoms with E-state index in [9.17, 15) is 4.79 Å². The van der Waals surface area contributed by atoms with Crippen LogP contribution in [0.2, 0.25) is 0 Å². The number of hydrogen-bond donors (Lipinski definition) is 0. The lowest BCUT2D eigenvalue weighted by atomic mass is 9.89. The van der Waals surface area contributed by atoms with Crippen molar-refractivity contribution in [3.8, 4) is 5.75 Å². The average Bonchev–Trinajstić information content (AvgIpc) is 3.25. The third-order valence-corrected chi connectivity index (χ3v) is 6.33. The molecule has 2 aliphatic rings. The van der Waals surface area contributed by atoms with Crippen LogP contribution in [0.3, 0.4) is 0 Å². The summed E-state index contributed by atoms with van der Waals surface area (Å²) in [7, 11) is 1.92. The monoisotopic (exact) mass is 354 g/mol. The van der Waals surface area contributed by atoms with E-state index in [2.05, 4.69) is 10.00 Å². The van der Waals surface area contributed by atoms with Crippen LogP contribution in [0.25, 0.3) is 10.3 Å². The fourth-order valence-corrected chi connectivity index (χ4v) is 4.95. The third kappa shape index (κ3) is 2.18. The highest BCUT2D eigenvalue weighted by Crippen LogP contribution is 2.41. The molecule has 0 aliphatic carbocycles. The van der Waals surface area contributed by atoms with E-state index in [0.717, 1.165) is 34.1 Å². The summed E-state index contributed by atoms with van der Waals surface area (Å²) in [6.45, 7) is 3.55. The number of hydrogen-bond acceptors (Lipinski definition) is 6. The molecule has 3 aromatic rings. The number of ketones is 1. The first-order valence-electron chi connectivity index (χ1n) is 8.41. The number of nitrogens with zero attached hydrogens (tertiary/aromatic N) is 4. The Hall–Kier alpha value is -2.41. The Morgan fingerprint density at radius 2 is 2.16 bits per heavy atom. The molecular weight excluding hydrogens is 336 g/mol. The molecule has 6 nitrogen and oxygen atoms in total. The summed E-state index contributed by atoms with van der Waals surface area (Å²) in [5.41, 5.74) is 2.20. The molecular formula is C18H18N4O2S. The van der Waals surface area contributed by atoms with Crippen molar-refractivity contribution in [1.82, 2.24) is 14.8 Å². The minimum atomic E-state index is -0.434. The van der Waals surface area contributed by atoms with Crippen molar-refractivity contribution in [2.45, 2.75) is 25.4 Å². The molecule has 1 aromatic carbocycles. The molecule has 0 N–H and O–H groups in total. The van der Waals surface area contributed by atoms with Crippen molar-refractivity contribution >= 4 is 32.6 Å². The van der Waals surface area contributed by atoms with Crippen LogP contribution in [0.5, 0.6) is 5.75 Å². The zero-order chi connectivity index (χ0) is 17.2. The van der Waals surface area contributed by atoms with Crippen LogP contribution < -0.4 is 9.64 Å². The predicted molar refractivity (Wildman–Crippen MR) is 96.7 cm³/mol. The lowest BCUT2D eigenvalue weighted by Crippen LogP contribution is -2.44. The SMILES string of the molecule is Cc1nn(C)c2nc(N3CCC4(CC(=O)c5ccccc5O4)C3)sc12. The molecule has 0 bridgehead atoms. The van der Waals surface area contributed by atoms with Crippen LogP contribution in [0.4, 0.5) is 5.13 Å². The first-order valence-corrected chi connectivity index (χ1v) is 9.23. The Bertz CT molecular complexity index is 973. The van der Waals surface area contributed by atoms with Crippen molar-refractivity contribution in [2.24, 2.45) is 7.05 Å². The highest BCUT2D eigenvalue weighted by molar-refractivity contribution is 7.22. The number of aromatic nitrogens is 3. The number of thiazole rings is 1. The lowest BCUT2D eigenvalue weighted by Gasteiger charge is -2.34. The maximum atomic E-state index is 12.6. The number of fused-ring (bicyclic) bond motifs is 2. The van der Waals surface area contributed by atoms with Gasteiger partial charge in [-0.15, -0.1) is 0 Å². The van der Waals surface area contributed by atoms with Gasteiger partial charge in [0.1, 0.15) is 11.4 Å². The van der Waals surface area contributed by atoms with Gasteiger partial charge in [-0.1, -0.05) is 23.5 Å². The molecule has 1 fully saturated rings. The van der Waals surface area contributed by atoms with Crippen molar-refractivity contribution < 1.29 is 9.53 Å². The summed E-state index contributed by atoms with van der Waals surface area (Å²) >= 11 is 1.67. The number of anilines is 1. The molecule has 1 unspecified atom stereocenters. The van der Waals surface area contributed by atoms with Gasteiger partial charge in [0.25, 0.3) is 0 Å². The van der Waals surface area contributed by atoms with E-state index >= 15 is 0 Å². The van der Waals surface area contributed by atoms with Gasteiger partial charge in [-0.25, -0.2) is 9.67 Å². The van der Waals surface area contributed by atoms with Crippen molar-refractivity contribution in [3.63, 3.8) is 0 Å². The minimum absolute atomic E-state index is 0.174. The Balaban J connectivity index is 1.46. The second-order valence-electron chi connectivity index (χ2n) is 6.91. The second-order valence-corrected chi connectivity index (χ2v) is 7.89. The zero-order valence-corrected chi connectivity index (χ0v) is 15.0. The van der Waals surface area contributed by atoms with E-state index in [-0.39, 0.29) is 5.78 Å². The number of carbonyl (C=O) groups excluding carboxylic acids is 1. The van der Waals surface area contributed by atoms with Gasteiger partial charge in [-0.3, -0.25) is 4.79 Å². The highest BCUT2D eigenvalue weighted by Gasteiger charge is 2.46. The van der Waals surface area contributed by atoms with Gasteiger partial charge in [0.15, 0.2) is 16.6 Å². The first kappa shape index (κ1) is 14.9. The Morgan fingerprint density at radius 3 is 3.00 bits per heavy atom. The van der Waals surface area contributed by atoms with Crippen LogP contribution in [0, 0.1) is 6.92 Å². The van der Waals surface area contributed by atoms with E-state index in [4.69, 9.17) is 9.72 Å². The summed E-state index contributed by atoms with van der Waals surface area (Å²) in [5.74, 6) is 0.887. The van der Waals surface area contributed by atoms with Gasteiger partial charge >= 0.3 is 0 Å². The Kier molecular flexibility index (Phi) is 3.01. The van der Waals surface area contributed by atoms with Gasteiger partial charge in [-0.05, 0) is 19.1 Å². The topological polar surface area (TPSA) is 60.2 Å². The van der Waals surface area contributed by atoms with E-state index in [1.807, 2.05) is 42.9 Å². The molecule has 4 heterocycles. The molecule has 1 spiro atoms. The molecule has 25 heavy (non-hydrogen) atoms. The van der Waals surface area contributed by atoms with Gasteiger partial charge in [0, 0.05) is 20.0 Å². The summed E-state index contributed by atoms with van der Waals surface area (Å²) < 4.78 is 9.26. The van der Waals surface area contributed by atoms with Crippen molar-refractivity contribution in [3.05, 3.63) is 35.5 Å². The number of aryl methyl sites for hydroxylation is 2. The van der Waals surface area contributed by atoms with Crippen LogP contribution >= 0.6 is 11.3 Å². The van der Waals surface area contributed by atoms with Gasteiger partial charge in [0.2, 0.25) is 0 Å².